The van der Waals surface area contributed by atoms with Gasteiger partial charge in [0.05, 0.1) is 11.0 Å². The lowest BCUT2D eigenvalue weighted by Crippen LogP contribution is -2.39. The van der Waals surface area contributed by atoms with Crippen molar-refractivity contribution in [1.82, 2.24) is 5.32 Å². The number of thiophene rings is 1. The van der Waals surface area contributed by atoms with Gasteiger partial charge in [0.25, 0.3) is 0 Å². The number of nitrogens with one attached hydrogen (secondary N) is 1. The first-order valence-corrected chi connectivity index (χ1v) is 8.58. The van der Waals surface area contributed by atoms with Gasteiger partial charge >= 0.3 is 0 Å². The molecule has 1 aliphatic rings. The lowest BCUT2D eigenvalue weighted by atomic mass is 10.0. The fourth-order valence-corrected chi connectivity index (χ4v) is 5.50. The molecule has 0 spiro atoms. The molecular formula is C12H19NO2S2. The summed E-state index contributed by atoms with van der Waals surface area (Å²) in [5, 5.41) is 4.98. The second kappa shape index (κ2) is 5.08. The molecule has 0 saturated carbocycles. The Labute approximate surface area is 107 Å². The monoisotopic (exact) mass is 273 g/mol. The van der Waals surface area contributed by atoms with Crippen molar-refractivity contribution in [3.63, 3.8) is 0 Å². The maximum atomic E-state index is 12.2. The summed E-state index contributed by atoms with van der Waals surface area (Å²) < 4.78 is 24.3. The molecule has 0 aliphatic carbocycles. The highest BCUT2D eigenvalue weighted by molar-refractivity contribution is 7.92. The Bertz CT molecular complexity index is 478. The number of hydrogen-bond donors (Lipinski definition) is 1. The van der Waals surface area contributed by atoms with Crippen molar-refractivity contribution in [2.75, 3.05) is 12.8 Å². The average molecular weight is 273 g/mol. The maximum absolute atomic E-state index is 12.2. The second-order valence-corrected chi connectivity index (χ2v) is 8.06. The van der Waals surface area contributed by atoms with Gasteiger partial charge in [-0.3, -0.25) is 0 Å². The second-order valence-electron chi connectivity index (χ2n) is 4.60. The molecule has 0 amide bonds. The Balaban J connectivity index is 2.33. The minimum absolute atomic E-state index is 0.0495. The molecule has 5 heteroatoms. The molecule has 0 aromatic carbocycles. The lowest BCUT2D eigenvalue weighted by molar-refractivity contribution is 0.469. The summed E-state index contributed by atoms with van der Waals surface area (Å²) in [7, 11) is -1.08. The highest BCUT2D eigenvalue weighted by Crippen LogP contribution is 2.33. The Kier molecular flexibility index (Phi) is 3.90. The van der Waals surface area contributed by atoms with Crippen LogP contribution in [0.4, 0.5) is 0 Å². The first-order valence-electron chi connectivity index (χ1n) is 5.99. The van der Waals surface area contributed by atoms with Crippen molar-refractivity contribution in [1.29, 1.82) is 0 Å². The summed E-state index contributed by atoms with van der Waals surface area (Å²) in [4.78, 5) is 1.21. The summed E-state index contributed by atoms with van der Waals surface area (Å²) in [5.41, 5.74) is 1.15. The largest absolute Gasteiger partial charge is 0.312 e. The highest BCUT2D eigenvalue weighted by atomic mass is 32.2. The molecule has 1 fully saturated rings. The minimum Gasteiger partial charge on any atom is -0.312 e. The summed E-state index contributed by atoms with van der Waals surface area (Å²) in [6.07, 6.45) is 2.62. The smallest absolute Gasteiger partial charge is 0.155 e. The van der Waals surface area contributed by atoms with Gasteiger partial charge in [-0.1, -0.05) is 6.42 Å². The van der Waals surface area contributed by atoms with Crippen LogP contribution in [0.15, 0.2) is 11.4 Å². The van der Waals surface area contributed by atoms with E-state index >= 15 is 0 Å². The van der Waals surface area contributed by atoms with E-state index in [2.05, 4.69) is 12.2 Å². The van der Waals surface area contributed by atoms with Crippen LogP contribution in [0.5, 0.6) is 0 Å². The van der Waals surface area contributed by atoms with Crippen molar-refractivity contribution < 1.29 is 8.42 Å². The summed E-state index contributed by atoms with van der Waals surface area (Å²) in [6, 6.07) is 2.00. The zero-order chi connectivity index (χ0) is 12.5. The van der Waals surface area contributed by atoms with Crippen LogP contribution in [0, 0.1) is 6.92 Å². The molecule has 0 radical (unpaired) electrons. The molecule has 1 N–H and O–H groups in total. The highest BCUT2D eigenvalue weighted by Gasteiger charge is 2.36. The van der Waals surface area contributed by atoms with Crippen molar-refractivity contribution in [3.05, 3.63) is 21.9 Å². The van der Waals surface area contributed by atoms with Gasteiger partial charge in [-0.25, -0.2) is 8.42 Å². The predicted molar refractivity (Wildman–Crippen MR) is 72.3 cm³/mol. The fraction of sp³-hybridized carbons (Fsp3) is 0.667. The van der Waals surface area contributed by atoms with Gasteiger partial charge in [-0.05, 0) is 43.8 Å². The van der Waals surface area contributed by atoms with E-state index < -0.39 is 9.84 Å². The quantitative estimate of drug-likeness (QED) is 0.919. The summed E-state index contributed by atoms with van der Waals surface area (Å²) in [6.45, 7) is 2.06. The third-order valence-corrected chi connectivity index (χ3v) is 6.70. The van der Waals surface area contributed by atoms with Gasteiger partial charge in [0.1, 0.15) is 0 Å². The molecular weight excluding hydrogens is 254 g/mol. The van der Waals surface area contributed by atoms with Gasteiger partial charge in [0.2, 0.25) is 0 Å². The predicted octanol–water partition coefficient (Wildman–Crippen LogP) is 2.28. The van der Waals surface area contributed by atoms with E-state index in [-0.39, 0.29) is 11.3 Å². The Morgan fingerprint density at radius 2 is 2.24 bits per heavy atom. The molecule has 2 heterocycles. The maximum Gasteiger partial charge on any atom is 0.155 e. The van der Waals surface area contributed by atoms with Crippen LogP contribution >= 0.6 is 11.3 Å². The molecule has 2 atom stereocenters. The molecule has 1 saturated heterocycles. The molecule has 2 rings (SSSR count). The van der Waals surface area contributed by atoms with Gasteiger partial charge in [-0.15, -0.1) is 11.3 Å². The number of hydrogen-bond acceptors (Lipinski definition) is 4. The van der Waals surface area contributed by atoms with Gasteiger partial charge in [0, 0.05) is 10.9 Å². The number of aryl methyl sites for hydroxylation is 1. The molecule has 1 aliphatic heterocycles. The van der Waals surface area contributed by atoms with Crippen LogP contribution in [0.1, 0.15) is 35.7 Å². The fourth-order valence-electron chi connectivity index (χ4n) is 2.61. The van der Waals surface area contributed by atoms with Gasteiger partial charge in [-0.2, -0.15) is 0 Å². The van der Waals surface area contributed by atoms with Crippen LogP contribution in [-0.2, 0) is 9.84 Å². The summed E-state index contributed by atoms with van der Waals surface area (Å²) >= 11 is 1.68. The van der Waals surface area contributed by atoms with Crippen LogP contribution in [0.2, 0.25) is 0 Å². The molecule has 2 unspecified atom stereocenters. The van der Waals surface area contributed by atoms with E-state index in [4.69, 9.17) is 0 Å². The molecule has 3 nitrogen and oxygen atoms in total. The van der Waals surface area contributed by atoms with Crippen LogP contribution in [0.3, 0.4) is 0 Å². The topological polar surface area (TPSA) is 46.2 Å². The molecule has 1 aromatic heterocycles. The summed E-state index contributed by atoms with van der Waals surface area (Å²) in [5.74, 6) is 0.346. The normalized spacial score (nSPS) is 25.6. The van der Waals surface area contributed by atoms with Gasteiger partial charge in [0.15, 0.2) is 9.84 Å². The van der Waals surface area contributed by atoms with Crippen molar-refractivity contribution in [2.24, 2.45) is 0 Å². The van der Waals surface area contributed by atoms with E-state index in [1.54, 1.807) is 11.3 Å². The molecule has 96 valence electrons. The van der Waals surface area contributed by atoms with Crippen molar-refractivity contribution in [3.8, 4) is 0 Å². The van der Waals surface area contributed by atoms with E-state index in [0.29, 0.717) is 5.75 Å². The van der Waals surface area contributed by atoms with E-state index in [9.17, 15) is 8.42 Å². The standard InChI is InChI=1S/C12H19NO2S2/c1-9-10(6-7-16-9)12(13-2)11-5-3-4-8-17(11,14)15/h6-7,11-13H,3-5,8H2,1-2H3. The van der Waals surface area contributed by atoms with Crippen molar-refractivity contribution >= 4 is 21.2 Å². The number of sulfone groups is 1. The zero-order valence-electron chi connectivity index (χ0n) is 10.3. The molecule has 0 bridgehead atoms. The lowest BCUT2D eigenvalue weighted by Gasteiger charge is -2.30. The van der Waals surface area contributed by atoms with Crippen molar-refractivity contribution in [2.45, 2.75) is 37.5 Å². The third kappa shape index (κ3) is 2.56. The first kappa shape index (κ1) is 13.1. The first-order chi connectivity index (χ1) is 8.06. The molecule has 1 aromatic rings. The van der Waals surface area contributed by atoms with Crippen LogP contribution < -0.4 is 5.32 Å². The Morgan fingerprint density at radius 1 is 1.47 bits per heavy atom. The average Bonchev–Trinajstić information content (AvgIpc) is 2.68. The zero-order valence-corrected chi connectivity index (χ0v) is 11.9. The van der Waals surface area contributed by atoms with E-state index in [1.165, 1.54) is 4.88 Å². The van der Waals surface area contributed by atoms with E-state index in [1.807, 2.05) is 18.5 Å². The number of rotatable bonds is 3. The SMILES string of the molecule is CNC(c1ccsc1C)C1CCCCS1(=O)=O. The van der Waals surface area contributed by atoms with Crippen LogP contribution in [-0.4, -0.2) is 26.5 Å². The Morgan fingerprint density at radius 3 is 2.76 bits per heavy atom. The van der Waals surface area contributed by atoms with Gasteiger partial charge < -0.3 is 5.32 Å². The minimum atomic E-state index is -2.94. The van der Waals surface area contributed by atoms with E-state index in [0.717, 1.165) is 24.8 Å². The third-order valence-electron chi connectivity index (χ3n) is 3.55. The molecule has 17 heavy (non-hydrogen) atoms. The van der Waals surface area contributed by atoms with Crippen LogP contribution in [0.25, 0.3) is 0 Å². The Hall–Kier alpha value is -0.390.